The van der Waals surface area contributed by atoms with Gasteiger partial charge in [0.2, 0.25) is 0 Å². The van der Waals surface area contributed by atoms with Crippen molar-refractivity contribution in [3.8, 4) is 6.07 Å². The molecule has 2 aliphatic rings. The molecule has 1 saturated carbocycles. The van der Waals surface area contributed by atoms with E-state index in [9.17, 15) is 14.9 Å². The number of carbonyl (C=O) groups is 2. The van der Waals surface area contributed by atoms with Gasteiger partial charge in [0.1, 0.15) is 11.1 Å². The van der Waals surface area contributed by atoms with Gasteiger partial charge in [0.15, 0.2) is 6.10 Å². The minimum atomic E-state index is -0.926. The van der Waals surface area contributed by atoms with Gasteiger partial charge in [-0.3, -0.25) is 4.79 Å². The third kappa shape index (κ3) is 4.05. The summed E-state index contributed by atoms with van der Waals surface area (Å²) in [5.41, 5.74) is 3.59. The number of rotatable bonds is 5. The Hall–Kier alpha value is -2.85. The zero-order chi connectivity index (χ0) is 21.3. The van der Waals surface area contributed by atoms with E-state index in [4.69, 9.17) is 4.74 Å². The van der Waals surface area contributed by atoms with Crippen LogP contribution < -0.4 is 0 Å². The summed E-state index contributed by atoms with van der Waals surface area (Å²) in [5.74, 6) is -0.537. The normalized spacial score (nSPS) is 16.4. The van der Waals surface area contributed by atoms with E-state index < -0.39 is 12.1 Å². The smallest absolute Gasteiger partial charge is 0.340 e. The zero-order valence-corrected chi connectivity index (χ0v) is 17.9. The van der Waals surface area contributed by atoms with Crippen LogP contribution in [0.25, 0.3) is 0 Å². The molecule has 2 heterocycles. The molecule has 0 N–H and O–H groups in total. The lowest BCUT2D eigenvalue weighted by Gasteiger charge is -2.30. The van der Waals surface area contributed by atoms with E-state index in [2.05, 4.69) is 17.1 Å². The van der Waals surface area contributed by atoms with Crippen molar-refractivity contribution < 1.29 is 14.3 Å². The third-order valence-electron chi connectivity index (χ3n) is 5.60. The average Bonchev–Trinajstić information content (AvgIpc) is 3.62. The van der Waals surface area contributed by atoms with Gasteiger partial charge in [0.05, 0.1) is 11.1 Å². The third-order valence-corrected chi connectivity index (χ3v) is 6.28. The van der Waals surface area contributed by atoms with Crippen LogP contribution in [0.3, 0.4) is 0 Å². The average molecular weight is 422 g/mol. The summed E-state index contributed by atoms with van der Waals surface area (Å²) in [7, 11) is 0. The van der Waals surface area contributed by atoms with Gasteiger partial charge >= 0.3 is 5.97 Å². The highest BCUT2D eigenvalue weighted by Gasteiger charge is 2.31. The van der Waals surface area contributed by atoms with Gasteiger partial charge in [0, 0.05) is 24.7 Å². The van der Waals surface area contributed by atoms with E-state index in [1.54, 1.807) is 17.9 Å². The van der Waals surface area contributed by atoms with Crippen LogP contribution in [0.1, 0.15) is 58.4 Å². The number of thioether (sulfide) groups is 1. The highest BCUT2D eigenvalue weighted by Crippen LogP contribution is 2.40. The van der Waals surface area contributed by atoms with E-state index in [0.29, 0.717) is 24.0 Å². The van der Waals surface area contributed by atoms with E-state index in [-0.39, 0.29) is 17.0 Å². The number of amides is 1. The number of pyridine rings is 1. The summed E-state index contributed by atoms with van der Waals surface area (Å²) in [4.78, 5) is 32.1. The Morgan fingerprint density at radius 3 is 2.70 bits per heavy atom. The second kappa shape index (κ2) is 8.49. The number of nitrogens with zero attached hydrogens (tertiary/aromatic N) is 3. The van der Waals surface area contributed by atoms with Crippen molar-refractivity contribution in [1.82, 2.24) is 9.88 Å². The van der Waals surface area contributed by atoms with Crippen molar-refractivity contribution in [2.24, 2.45) is 0 Å². The molecule has 1 aromatic carbocycles. The van der Waals surface area contributed by atoms with Crippen LogP contribution in [-0.4, -0.2) is 40.7 Å². The molecular formula is C23H23N3O3S. The van der Waals surface area contributed by atoms with Gasteiger partial charge in [-0.05, 0) is 49.6 Å². The molecule has 0 saturated heterocycles. The predicted octanol–water partition coefficient (Wildman–Crippen LogP) is 3.68. The van der Waals surface area contributed by atoms with Crippen LogP contribution in [0, 0.1) is 11.3 Å². The molecule has 0 radical (unpaired) electrons. The molecule has 1 aliphatic heterocycles. The molecule has 0 spiro atoms. The standard InChI is InChI=1S/C23H23N3O3S/c1-14(22(27)26-10-9-15-5-3-4-6-17(15)13-26)29-23(28)18-11-20(16-7-8-16)25-21(30-2)19(18)12-24/h3-6,11,14,16H,7-10,13H2,1-2H3/t14-/m0/s1. The second-order valence-corrected chi connectivity index (χ2v) is 8.49. The Morgan fingerprint density at radius 2 is 2.03 bits per heavy atom. The molecule has 1 aliphatic carbocycles. The predicted molar refractivity (Wildman–Crippen MR) is 113 cm³/mol. The number of nitriles is 1. The summed E-state index contributed by atoms with van der Waals surface area (Å²) in [5, 5.41) is 10.1. The molecule has 0 bridgehead atoms. The molecule has 4 rings (SSSR count). The number of aromatic nitrogens is 1. The summed E-state index contributed by atoms with van der Waals surface area (Å²) >= 11 is 1.34. The first-order chi connectivity index (χ1) is 14.5. The van der Waals surface area contributed by atoms with Crippen molar-refractivity contribution in [3.05, 3.63) is 58.3 Å². The minimum Gasteiger partial charge on any atom is -0.449 e. The van der Waals surface area contributed by atoms with Gasteiger partial charge in [-0.1, -0.05) is 24.3 Å². The largest absolute Gasteiger partial charge is 0.449 e. The van der Waals surface area contributed by atoms with Crippen LogP contribution in [0.15, 0.2) is 35.4 Å². The second-order valence-electron chi connectivity index (χ2n) is 7.69. The van der Waals surface area contributed by atoms with Gasteiger partial charge in [-0.2, -0.15) is 5.26 Å². The molecule has 1 aromatic heterocycles. The highest BCUT2D eigenvalue weighted by atomic mass is 32.2. The maximum atomic E-state index is 12.9. The van der Waals surface area contributed by atoms with Gasteiger partial charge in [-0.25, -0.2) is 9.78 Å². The van der Waals surface area contributed by atoms with Crippen molar-refractivity contribution in [3.63, 3.8) is 0 Å². The number of ether oxygens (including phenoxy) is 1. The van der Waals surface area contributed by atoms with E-state index in [1.165, 1.54) is 17.3 Å². The van der Waals surface area contributed by atoms with Gasteiger partial charge in [-0.15, -0.1) is 11.8 Å². The molecule has 30 heavy (non-hydrogen) atoms. The van der Waals surface area contributed by atoms with Crippen molar-refractivity contribution in [1.29, 1.82) is 5.26 Å². The number of esters is 1. The fourth-order valence-corrected chi connectivity index (χ4v) is 4.32. The molecule has 1 fully saturated rings. The summed E-state index contributed by atoms with van der Waals surface area (Å²) in [6.45, 7) is 2.70. The van der Waals surface area contributed by atoms with Crippen molar-refractivity contribution >= 4 is 23.6 Å². The Morgan fingerprint density at radius 1 is 1.30 bits per heavy atom. The lowest BCUT2D eigenvalue weighted by atomic mass is 9.99. The topological polar surface area (TPSA) is 83.3 Å². The quantitative estimate of drug-likeness (QED) is 0.541. The molecule has 2 aromatic rings. The first-order valence-electron chi connectivity index (χ1n) is 10.1. The first kappa shape index (κ1) is 20.4. The Kier molecular flexibility index (Phi) is 5.78. The zero-order valence-electron chi connectivity index (χ0n) is 17.1. The Labute approximate surface area is 180 Å². The lowest BCUT2D eigenvalue weighted by molar-refractivity contribution is -0.140. The van der Waals surface area contributed by atoms with Crippen molar-refractivity contribution in [2.45, 2.75) is 49.8 Å². The van der Waals surface area contributed by atoms with E-state index in [1.807, 2.05) is 24.5 Å². The van der Waals surface area contributed by atoms with E-state index in [0.717, 1.165) is 30.5 Å². The molecule has 7 heteroatoms. The lowest BCUT2D eigenvalue weighted by Crippen LogP contribution is -2.42. The van der Waals surface area contributed by atoms with Crippen LogP contribution in [0.4, 0.5) is 0 Å². The van der Waals surface area contributed by atoms with Crippen LogP contribution in [0.2, 0.25) is 0 Å². The number of fused-ring (bicyclic) bond motifs is 1. The SMILES string of the molecule is CSc1nc(C2CC2)cc(C(=O)O[C@@H](C)C(=O)N2CCc3ccccc3C2)c1C#N. The van der Waals surface area contributed by atoms with E-state index >= 15 is 0 Å². The monoisotopic (exact) mass is 421 g/mol. The fourth-order valence-electron chi connectivity index (χ4n) is 3.76. The first-order valence-corrected chi connectivity index (χ1v) is 11.3. The van der Waals surface area contributed by atoms with Gasteiger partial charge < -0.3 is 9.64 Å². The van der Waals surface area contributed by atoms with Crippen molar-refractivity contribution in [2.75, 3.05) is 12.8 Å². The highest BCUT2D eigenvalue weighted by molar-refractivity contribution is 7.98. The number of hydrogen-bond acceptors (Lipinski definition) is 6. The number of benzene rings is 1. The molecule has 154 valence electrons. The summed E-state index contributed by atoms with van der Waals surface area (Å²) in [6, 6.07) is 11.8. The van der Waals surface area contributed by atoms with Crippen LogP contribution >= 0.6 is 11.8 Å². The number of carbonyl (C=O) groups excluding carboxylic acids is 2. The molecule has 0 unspecified atom stereocenters. The molecule has 1 atom stereocenters. The van der Waals surface area contributed by atoms with Crippen LogP contribution in [0.5, 0.6) is 0 Å². The number of hydrogen-bond donors (Lipinski definition) is 0. The molecule has 6 nitrogen and oxygen atoms in total. The maximum Gasteiger partial charge on any atom is 0.340 e. The van der Waals surface area contributed by atoms with Crippen LogP contribution in [-0.2, 0) is 22.5 Å². The Bertz CT molecular complexity index is 1040. The minimum absolute atomic E-state index is 0.197. The molecular weight excluding hydrogens is 398 g/mol. The Balaban J connectivity index is 1.50. The summed E-state index contributed by atoms with van der Waals surface area (Å²) in [6.07, 6.45) is 3.76. The maximum absolute atomic E-state index is 12.9. The summed E-state index contributed by atoms with van der Waals surface area (Å²) < 4.78 is 5.52. The fraction of sp³-hybridized carbons (Fsp3) is 0.391. The van der Waals surface area contributed by atoms with Gasteiger partial charge in [0.25, 0.3) is 5.91 Å². The molecule has 1 amide bonds.